The lowest BCUT2D eigenvalue weighted by Crippen LogP contribution is -2.35. The number of rotatable bonds is 5. The van der Waals surface area contributed by atoms with Crippen molar-refractivity contribution >= 4 is 22.7 Å². The van der Waals surface area contributed by atoms with E-state index in [1.807, 2.05) is 11.8 Å². The van der Waals surface area contributed by atoms with Crippen LogP contribution in [0.2, 0.25) is 0 Å². The molecule has 3 rings (SSSR count). The second-order valence-electron chi connectivity index (χ2n) is 7.84. The predicted molar refractivity (Wildman–Crippen MR) is 109 cm³/mol. The zero-order valence-corrected chi connectivity index (χ0v) is 17.1. The molecule has 0 unspecified atom stereocenters. The number of aliphatic hydroxyl groups excluding tert-OH is 1. The van der Waals surface area contributed by atoms with Crippen LogP contribution in [0, 0.1) is 10.8 Å². The zero-order chi connectivity index (χ0) is 18.1. The molecule has 0 amide bonds. The quantitative estimate of drug-likeness (QED) is 0.637. The molecule has 0 saturated heterocycles. The standard InChI is InChI=1S/C22H27OS2/c1-21(2,22(3,4)16-23)14-9-15-25-19-12-7-5-10-17(19)24-18-11-6-8-13-20(18)25/h5-13,15,23H,14,16H2,1-4H3/q+1/b15-9+. The van der Waals surface area contributed by atoms with Crippen LogP contribution in [-0.2, 0) is 10.9 Å². The van der Waals surface area contributed by atoms with Crippen molar-refractivity contribution in [2.24, 2.45) is 10.8 Å². The van der Waals surface area contributed by atoms with Gasteiger partial charge < -0.3 is 5.11 Å². The molecule has 0 spiro atoms. The Morgan fingerprint density at radius 3 is 1.92 bits per heavy atom. The van der Waals surface area contributed by atoms with Gasteiger partial charge >= 0.3 is 0 Å². The van der Waals surface area contributed by atoms with Gasteiger partial charge in [-0.25, -0.2) is 0 Å². The molecule has 2 aromatic rings. The Kier molecular flexibility index (Phi) is 5.38. The van der Waals surface area contributed by atoms with Crippen LogP contribution in [0.5, 0.6) is 0 Å². The van der Waals surface area contributed by atoms with Gasteiger partial charge in [-0.1, -0.05) is 63.7 Å². The van der Waals surface area contributed by atoms with Crippen LogP contribution >= 0.6 is 11.8 Å². The van der Waals surface area contributed by atoms with Crippen molar-refractivity contribution in [2.75, 3.05) is 6.61 Å². The summed E-state index contributed by atoms with van der Waals surface area (Å²) in [5.74, 6) is 0. The number of allylic oxidation sites excluding steroid dienone is 1. The third-order valence-electron chi connectivity index (χ3n) is 5.48. The van der Waals surface area contributed by atoms with Crippen LogP contribution in [0.3, 0.4) is 0 Å². The predicted octanol–water partition coefficient (Wildman–Crippen LogP) is 6.14. The van der Waals surface area contributed by atoms with E-state index < -0.39 is 0 Å². The van der Waals surface area contributed by atoms with Gasteiger partial charge in [-0.3, -0.25) is 0 Å². The third kappa shape index (κ3) is 3.69. The van der Waals surface area contributed by atoms with E-state index in [4.69, 9.17) is 0 Å². The number of hydrogen-bond donors (Lipinski definition) is 1. The first-order valence-electron chi connectivity index (χ1n) is 8.72. The molecule has 3 heteroatoms. The van der Waals surface area contributed by atoms with Gasteiger partial charge in [-0.2, -0.15) is 0 Å². The molecule has 0 aliphatic carbocycles. The highest BCUT2D eigenvalue weighted by atomic mass is 32.2. The van der Waals surface area contributed by atoms with Gasteiger partial charge in [0.15, 0.2) is 9.79 Å². The normalized spacial score (nSPS) is 15.2. The molecule has 0 aromatic heterocycles. The molecule has 1 heterocycles. The summed E-state index contributed by atoms with van der Waals surface area (Å²) in [5.41, 5.74) is -0.0517. The Hall–Kier alpha value is -1.16. The molecule has 0 saturated carbocycles. The van der Waals surface area contributed by atoms with Crippen LogP contribution in [0.4, 0.5) is 0 Å². The number of hydrogen-bond acceptors (Lipinski definition) is 2. The summed E-state index contributed by atoms with van der Waals surface area (Å²) in [6.45, 7) is 8.99. The van der Waals surface area contributed by atoms with Crippen molar-refractivity contribution in [3.63, 3.8) is 0 Å². The number of fused-ring (bicyclic) bond motifs is 2. The summed E-state index contributed by atoms with van der Waals surface area (Å²) < 4.78 is 0. The first-order chi connectivity index (χ1) is 11.9. The summed E-state index contributed by atoms with van der Waals surface area (Å²) in [6.07, 6.45) is 3.28. The maximum absolute atomic E-state index is 9.71. The highest BCUT2D eigenvalue weighted by Crippen LogP contribution is 2.46. The Bertz CT molecular complexity index is 732. The van der Waals surface area contributed by atoms with Crippen molar-refractivity contribution < 1.29 is 5.11 Å². The van der Waals surface area contributed by atoms with Crippen LogP contribution in [-0.4, -0.2) is 11.7 Å². The first kappa shape index (κ1) is 18.6. The van der Waals surface area contributed by atoms with Gasteiger partial charge in [0.05, 0.1) is 20.7 Å². The topological polar surface area (TPSA) is 20.2 Å². The molecular weight excluding hydrogens is 344 g/mol. The van der Waals surface area contributed by atoms with Crippen LogP contribution < -0.4 is 0 Å². The fourth-order valence-electron chi connectivity index (χ4n) is 2.75. The molecule has 1 N–H and O–H groups in total. The van der Waals surface area contributed by atoms with E-state index in [1.54, 1.807) is 0 Å². The second-order valence-corrected chi connectivity index (χ2v) is 10.7. The molecule has 0 radical (unpaired) electrons. The second kappa shape index (κ2) is 7.22. The lowest BCUT2D eigenvalue weighted by atomic mass is 9.66. The minimum absolute atomic E-state index is 0.0219. The molecule has 0 bridgehead atoms. The van der Waals surface area contributed by atoms with Crippen molar-refractivity contribution in [1.29, 1.82) is 0 Å². The number of aliphatic hydroxyl groups is 1. The molecule has 2 aromatic carbocycles. The average Bonchev–Trinajstić information content (AvgIpc) is 2.60. The molecule has 25 heavy (non-hydrogen) atoms. The van der Waals surface area contributed by atoms with Crippen LogP contribution in [0.25, 0.3) is 0 Å². The van der Waals surface area contributed by atoms with Gasteiger partial charge in [0.25, 0.3) is 0 Å². The highest BCUT2D eigenvalue weighted by molar-refractivity contribution is 8.05. The van der Waals surface area contributed by atoms with Gasteiger partial charge in [-0.15, -0.1) is 0 Å². The van der Waals surface area contributed by atoms with Crippen molar-refractivity contribution in [3.05, 3.63) is 60.0 Å². The largest absolute Gasteiger partial charge is 0.396 e. The Morgan fingerprint density at radius 2 is 1.40 bits per heavy atom. The van der Waals surface area contributed by atoms with E-state index in [9.17, 15) is 5.11 Å². The maximum Gasteiger partial charge on any atom is 0.179 e. The monoisotopic (exact) mass is 371 g/mol. The summed E-state index contributed by atoms with van der Waals surface area (Å²) in [4.78, 5) is 5.57. The Balaban J connectivity index is 1.90. The minimum atomic E-state index is -0.0985. The van der Waals surface area contributed by atoms with E-state index in [0.29, 0.717) is 0 Å². The molecule has 132 valence electrons. The van der Waals surface area contributed by atoms with Crippen molar-refractivity contribution in [3.8, 4) is 0 Å². The van der Waals surface area contributed by atoms with E-state index in [1.165, 1.54) is 19.6 Å². The first-order valence-corrected chi connectivity index (χ1v) is 10.8. The molecule has 1 nitrogen and oxygen atoms in total. The molecular formula is C22H27OS2+. The maximum atomic E-state index is 9.71. The van der Waals surface area contributed by atoms with E-state index >= 15 is 0 Å². The summed E-state index contributed by atoms with van der Waals surface area (Å²) in [7, 11) is -0.0219. The Labute approximate surface area is 158 Å². The molecule has 0 fully saturated rings. The van der Waals surface area contributed by atoms with Gasteiger partial charge in [-0.05, 0) is 47.6 Å². The SMILES string of the molecule is CC(C)(CO)C(C)(C)C/C=C/[S+]1c2ccccc2Sc2ccccc21. The van der Waals surface area contributed by atoms with Crippen LogP contribution in [0.1, 0.15) is 34.1 Å². The highest BCUT2D eigenvalue weighted by Gasteiger charge is 2.37. The average molecular weight is 372 g/mol. The van der Waals surface area contributed by atoms with Gasteiger partial charge in [0.1, 0.15) is 5.41 Å². The molecule has 1 aliphatic rings. The summed E-state index contributed by atoms with van der Waals surface area (Å²) in [6, 6.07) is 17.5. The van der Waals surface area contributed by atoms with Gasteiger partial charge in [0, 0.05) is 6.61 Å². The van der Waals surface area contributed by atoms with E-state index in [2.05, 4.69) is 87.7 Å². The minimum Gasteiger partial charge on any atom is -0.396 e. The summed E-state index contributed by atoms with van der Waals surface area (Å²) in [5, 5.41) is 12.1. The van der Waals surface area contributed by atoms with Crippen molar-refractivity contribution in [2.45, 2.75) is 53.7 Å². The Morgan fingerprint density at radius 1 is 0.880 bits per heavy atom. The smallest absolute Gasteiger partial charge is 0.179 e. The fourth-order valence-corrected chi connectivity index (χ4v) is 6.24. The lowest BCUT2D eigenvalue weighted by Gasteiger charge is -2.39. The summed E-state index contributed by atoms with van der Waals surface area (Å²) >= 11 is 1.87. The molecule has 1 aliphatic heterocycles. The fraction of sp³-hybridized carbons (Fsp3) is 0.364. The zero-order valence-electron chi connectivity index (χ0n) is 15.5. The number of benzene rings is 2. The van der Waals surface area contributed by atoms with Gasteiger partial charge in [0.2, 0.25) is 0 Å². The van der Waals surface area contributed by atoms with Crippen molar-refractivity contribution in [1.82, 2.24) is 0 Å². The van der Waals surface area contributed by atoms with E-state index in [0.717, 1.165) is 6.42 Å². The third-order valence-corrected chi connectivity index (χ3v) is 9.01. The molecule has 0 atom stereocenters. The van der Waals surface area contributed by atoms with Crippen LogP contribution in [0.15, 0.2) is 79.6 Å². The lowest BCUT2D eigenvalue weighted by molar-refractivity contribution is 0.0389. The van der Waals surface area contributed by atoms with E-state index in [-0.39, 0.29) is 28.3 Å².